The summed E-state index contributed by atoms with van der Waals surface area (Å²) in [6.07, 6.45) is 10.4. The lowest BCUT2D eigenvalue weighted by Gasteiger charge is -2.27. The minimum Gasteiger partial charge on any atom is -0.312 e. The van der Waals surface area contributed by atoms with E-state index in [1.807, 2.05) is 4.90 Å². The average Bonchev–Trinajstić information content (AvgIpc) is 2.41. The zero-order chi connectivity index (χ0) is 9.54. The normalized spacial score (nSPS) is 25.0. The van der Waals surface area contributed by atoms with Crippen LogP contribution in [0.5, 0.6) is 0 Å². The molecular weight excluding hydrogens is 174 g/mol. The number of hydrogen-bond acceptors (Lipinski definition) is 1. The van der Waals surface area contributed by atoms with Crippen molar-refractivity contribution in [3.05, 3.63) is 35.1 Å². The summed E-state index contributed by atoms with van der Waals surface area (Å²) in [5.41, 5.74) is 3.86. The zero-order valence-corrected chi connectivity index (χ0v) is 8.12. The van der Waals surface area contributed by atoms with Crippen molar-refractivity contribution in [1.29, 1.82) is 0 Å². The molecule has 72 valence electrons. The third-order valence-corrected chi connectivity index (χ3v) is 3.17. The van der Waals surface area contributed by atoms with Gasteiger partial charge in [-0.1, -0.05) is 18.2 Å². The quantitative estimate of drug-likeness (QED) is 0.569. The first-order valence-electron chi connectivity index (χ1n) is 5.26. The van der Waals surface area contributed by atoms with Gasteiger partial charge in [-0.15, -0.1) is 0 Å². The molecule has 1 fully saturated rings. The predicted octanol–water partition coefficient (Wildman–Crippen LogP) is 2.15. The molecule has 3 aliphatic rings. The van der Waals surface area contributed by atoms with Crippen LogP contribution >= 0.6 is 0 Å². The van der Waals surface area contributed by atoms with Gasteiger partial charge in [0.25, 0.3) is 0 Å². The van der Waals surface area contributed by atoms with Gasteiger partial charge in [-0.25, -0.2) is 0 Å². The molecule has 0 aromatic rings. The molecule has 0 aromatic carbocycles. The Morgan fingerprint density at radius 1 is 1.36 bits per heavy atom. The SMILES string of the molecule is O=C1CC2=C3C(=CCC=C2)CCCN13. The first-order chi connectivity index (χ1) is 6.86. The summed E-state index contributed by atoms with van der Waals surface area (Å²) >= 11 is 0. The van der Waals surface area contributed by atoms with Crippen LogP contribution in [-0.2, 0) is 4.79 Å². The lowest BCUT2D eigenvalue weighted by molar-refractivity contribution is -0.127. The third-order valence-electron chi connectivity index (χ3n) is 3.17. The summed E-state index contributed by atoms with van der Waals surface area (Å²) < 4.78 is 0. The highest BCUT2D eigenvalue weighted by Gasteiger charge is 2.33. The monoisotopic (exact) mass is 187 g/mol. The number of piperidine rings is 1. The molecule has 2 aliphatic heterocycles. The van der Waals surface area contributed by atoms with Gasteiger partial charge in [0, 0.05) is 6.54 Å². The van der Waals surface area contributed by atoms with Crippen LogP contribution in [-0.4, -0.2) is 17.4 Å². The van der Waals surface area contributed by atoms with E-state index in [0.717, 1.165) is 25.8 Å². The molecule has 0 bridgehead atoms. The van der Waals surface area contributed by atoms with Gasteiger partial charge in [-0.05, 0) is 30.4 Å². The molecule has 1 amide bonds. The molecule has 0 atom stereocenters. The average molecular weight is 187 g/mol. The van der Waals surface area contributed by atoms with E-state index in [2.05, 4.69) is 18.2 Å². The number of hydrogen-bond donors (Lipinski definition) is 0. The van der Waals surface area contributed by atoms with Gasteiger partial charge in [0.1, 0.15) is 0 Å². The Bertz CT molecular complexity index is 387. The minimum absolute atomic E-state index is 0.284. The van der Waals surface area contributed by atoms with E-state index in [-0.39, 0.29) is 5.91 Å². The maximum atomic E-state index is 11.7. The van der Waals surface area contributed by atoms with Crippen LogP contribution in [0.25, 0.3) is 0 Å². The van der Waals surface area contributed by atoms with Gasteiger partial charge in [0.2, 0.25) is 5.91 Å². The van der Waals surface area contributed by atoms with Gasteiger partial charge >= 0.3 is 0 Å². The smallest absolute Gasteiger partial charge is 0.231 e. The molecule has 0 saturated carbocycles. The fourth-order valence-corrected chi connectivity index (χ4v) is 2.56. The second kappa shape index (κ2) is 2.84. The van der Waals surface area contributed by atoms with Crippen molar-refractivity contribution in [2.24, 2.45) is 0 Å². The Morgan fingerprint density at radius 3 is 3.21 bits per heavy atom. The van der Waals surface area contributed by atoms with Gasteiger partial charge in [-0.3, -0.25) is 4.79 Å². The first-order valence-corrected chi connectivity index (χ1v) is 5.26. The molecule has 1 saturated heterocycles. The van der Waals surface area contributed by atoms with Crippen molar-refractivity contribution in [2.75, 3.05) is 6.54 Å². The van der Waals surface area contributed by atoms with E-state index in [0.29, 0.717) is 6.42 Å². The van der Waals surface area contributed by atoms with E-state index < -0.39 is 0 Å². The highest BCUT2D eigenvalue weighted by atomic mass is 16.2. The summed E-state index contributed by atoms with van der Waals surface area (Å²) in [5, 5.41) is 0. The Balaban J connectivity index is 2.13. The minimum atomic E-state index is 0.284. The van der Waals surface area contributed by atoms with Crippen LogP contribution in [0.15, 0.2) is 35.1 Å². The van der Waals surface area contributed by atoms with Crippen molar-refractivity contribution in [3.8, 4) is 0 Å². The number of allylic oxidation sites excluding steroid dienone is 4. The Kier molecular flexibility index (Phi) is 1.63. The molecule has 0 aromatic heterocycles. The van der Waals surface area contributed by atoms with Crippen LogP contribution in [0, 0.1) is 0 Å². The molecule has 0 unspecified atom stereocenters. The van der Waals surface area contributed by atoms with E-state index in [4.69, 9.17) is 0 Å². The first kappa shape index (κ1) is 8.04. The van der Waals surface area contributed by atoms with Gasteiger partial charge < -0.3 is 4.90 Å². The van der Waals surface area contributed by atoms with Crippen LogP contribution < -0.4 is 0 Å². The largest absolute Gasteiger partial charge is 0.312 e. The molecule has 0 radical (unpaired) electrons. The van der Waals surface area contributed by atoms with Gasteiger partial charge in [-0.2, -0.15) is 0 Å². The number of amides is 1. The van der Waals surface area contributed by atoms with Crippen molar-refractivity contribution < 1.29 is 4.79 Å². The second-order valence-corrected chi connectivity index (χ2v) is 4.07. The molecule has 1 aliphatic carbocycles. The summed E-state index contributed by atoms with van der Waals surface area (Å²) in [4.78, 5) is 13.7. The van der Waals surface area contributed by atoms with E-state index in [1.54, 1.807) is 0 Å². The van der Waals surface area contributed by atoms with Crippen LogP contribution in [0.1, 0.15) is 25.7 Å². The maximum Gasteiger partial charge on any atom is 0.231 e. The van der Waals surface area contributed by atoms with E-state index in [1.165, 1.54) is 16.8 Å². The zero-order valence-electron chi connectivity index (χ0n) is 8.12. The number of carbonyl (C=O) groups is 1. The lowest BCUT2D eigenvalue weighted by Crippen LogP contribution is -2.30. The Hall–Kier alpha value is -1.31. The predicted molar refractivity (Wildman–Crippen MR) is 54.4 cm³/mol. The lowest BCUT2D eigenvalue weighted by atomic mass is 9.99. The highest BCUT2D eigenvalue weighted by Crippen LogP contribution is 2.37. The van der Waals surface area contributed by atoms with Crippen molar-refractivity contribution >= 4 is 5.91 Å². The molecular formula is C12H13NO. The Labute approximate surface area is 83.6 Å². The van der Waals surface area contributed by atoms with Crippen molar-refractivity contribution in [3.63, 3.8) is 0 Å². The van der Waals surface area contributed by atoms with Crippen LogP contribution in [0.4, 0.5) is 0 Å². The molecule has 14 heavy (non-hydrogen) atoms. The molecule has 2 heteroatoms. The van der Waals surface area contributed by atoms with Gasteiger partial charge in [0.15, 0.2) is 0 Å². The Morgan fingerprint density at radius 2 is 2.29 bits per heavy atom. The summed E-state index contributed by atoms with van der Waals surface area (Å²) in [6.45, 7) is 0.919. The standard InChI is InChI=1S/C12H13NO/c14-11-8-10-5-2-1-4-9-6-3-7-13(11)12(9)10/h2,4-5H,1,3,6-8H2. The summed E-state index contributed by atoms with van der Waals surface area (Å²) in [7, 11) is 0. The summed E-state index contributed by atoms with van der Waals surface area (Å²) in [6, 6.07) is 0. The molecule has 0 spiro atoms. The molecule has 2 nitrogen and oxygen atoms in total. The molecule has 0 N–H and O–H groups in total. The topological polar surface area (TPSA) is 20.3 Å². The number of rotatable bonds is 0. The molecule has 3 rings (SSSR count). The third kappa shape index (κ3) is 0.999. The van der Waals surface area contributed by atoms with E-state index in [9.17, 15) is 4.79 Å². The fraction of sp³-hybridized carbons (Fsp3) is 0.417. The fourth-order valence-electron chi connectivity index (χ4n) is 2.56. The van der Waals surface area contributed by atoms with Gasteiger partial charge in [0.05, 0.1) is 12.1 Å². The maximum absolute atomic E-state index is 11.7. The molecule has 2 heterocycles. The van der Waals surface area contributed by atoms with Crippen molar-refractivity contribution in [2.45, 2.75) is 25.7 Å². The summed E-state index contributed by atoms with van der Waals surface area (Å²) in [5.74, 6) is 0.284. The second-order valence-electron chi connectivity index (χ2n) is 4.07. The van der Waals surface area contributed by atoms with Crippen molar-refractivity contribution in [1.82, 2.24) is 4.90 Å². The van der Waals surface area contributed by atoms with Crippen LogP contribution in [0.3, 0.4) is 0 Å². The number of carbonyl (C=O) groups excluding carboxylic acids is 1. The van der Waals surface area contributed by atoms with Crippen LogP contribution in [0.2, 0.25) is 0 Å². The van der Waals surface area contributed by atoms with E-state index >= 15 is 0 Å². The highest BCUT2D eigenvalue weighted by molar-refractivity contribution is 5.87. The number of nitrogens with zero attached hydrogens (tertiary/aromatic N) is 1.